The molecule has 1 saturated carbocycles. The maximum absolute atomic E-state index is 12.2. The Hall–Kier alpha value is -2.62. The van der Waals surface area contributed by atoms with E-state index >= 15 is 0 Å². The molecule has 0 spiro atoms. The van der Waals surface area contributed by atoms with Gasteiger partial charge in [0.05, 0.1) is 0 Å². The van der Waals surface area contributed by atoms with Crippen LogP contribution in [0.15, 0.2) is 54.9 Å². The Labute approximate surface area is 135 Å². The summed E-state index contributed by atoms with van der Waals surface area (Å²) in [5, 5.41) is 4.12. The minimum atomic E-state index is 0.0117. The predicted octanol–water partition coefficient (Wildman–Crippen LogP) is 3.23. The number of hydrogen-bond acceptors (Lipinski definition) is 2. The van der Waals surface area contributed by atoms with Crippen LogP contribution in [-0.2, 0) is 17.9 Å². The maximum atomic E-state index is 12.2. The lowest BCUT2D eigenvalue weighted by Gasteiger charge is -2.08. The van der Waals surface area contributed by atoms with Crippen LogP contribution in [0.3, 0.4) is 0 Å². The molecule has 0 unspecified atom stereocenters. The summed E-state index contributed by atoms with van der Waals surface area (Å²) in [5.74, 6) is 0.679. The molecule has 1 fully saturated rings. The Balaban J connectivity index is 1.36. The second kappa shape index (κ2) is 5.88. The van der Waals surface area contributed by atoms with Crippen LogP contribution in [0.25, 0.3) is 10.9 Å². The predicted molar refractivity (Wildman–Crippen MR) is 90.0 cm³/mol. The highest BCUT2D eigenvalue weighted by Crippen LogP contribution is 2.38. The van der Waals surface area contributed by atoms with Crippen LogP contribution in [-0.4, -0.2) is 15.5 Å². The number of pyridine rings is 1. The normalized spacial score (nSPS) is 14.1. The van der Waals surface area contributed by atoms with E-state index in [2.05, 4.69) is 28.5 Å². The molecule has 23 heavy (non-hydrogen) atoms. The molecule has 1 N–H and O–H groups in total. The van der Waals surface area contributed by atoms with E-state index in [-0.39, 0.29) is 5.91 Å². The number of para-hydroxylation sites is 1. The van der Waals surface area contributed by atoms with Crippen molar-refractivity contribution in [1.29, 1.82) is 0 Å². The number of nitrogens with zero attached hydrogens (tertiary/aromatic N) is 2. The van der Waals surface area contributed by atoms with Gasteiger partial charge in [-0.2, -0.15) is 0 Å². The van der Waals surface area contributed by atoms with Crippen molar-refractivity contribution in [1.82, 2.24) is 14.9 Å². The highest BCUT2D eigenvalue weighted by molar-refractivity contribution is 5.83. The van der Waals surface area contributed by atoms with Gasteiger partial charge in [-0.15, -0.1) is 0 Å². The van der Waals surface area contributed by atoms with E-state index < -0.39 is 0 Å². The Morgan fingerprint density at radius 2 is 2.04 bits per heavy atom. The van der Waals surface area contributed by atoms with Gasteiger partial charge in [0.1, 0.15) is 6.54 Å². The molecule has 2 aromatic heterocycles. The summed E-state index contributed by atoms with van der Waals surface area (Å²) in [6.45, 7) is 0.858. The Bertz CT molecular complexity index is 831. The molecule has 0 radical (unpaired) electrons. The number of hydrogen-bond donors (Lipinski definition) is 1. The van der Waals surface area contributed by atoms with Crippen molar-refractivity contribution < 1.29 is 4.79 Å². The number of amides is 1. The monoisotopic (exact) mass is 305 g/mol. The highest BCUT2D eigenvalue weighted by Gasteiger charge is 2.24. The van der Waals surface area contributed by atoms with E-state index in [0.717, 1.165) is 16.5 Å². The van der Waals surface area contributed by atoms with Crippen LogP contribution in [0.4, 0.5) is 0 Å². The fourth-order valence-electron chi connectivity index (χ4n) is 2.85. The second-order valence-corrected chi connectivity index (χ2v) is 6.14. The quantitative estimate of drug-likeness (QED) is 0.786. The number of fused-ring (bicyclic) bond motifs is 1. The van der Waals surface area contributed by atoms with E-state index in [0.29, 0.717) is 19.0 Å². The van der Waals surface area contributed by atoms with Crippen LogP contribution >= 0.6 is 0 Å². The first-order chi connectivity index (χ1) is 11.3. The number of aromatic nitrogens is 2. The summed E-state index contributed by atoms with van der Waals surface area (Å²) in [6.07, 6.45) is 6.34. The van der Waals surface area contributed by atoms with Crippen molar-refractivity contribution >= 4 is 16.8 Å². The Kier molecular flexibility index (Phi) is 3.58. The zero-order valence-corrected chi connectivity index (χ0v) is 12.9. The van der Waals surface area contributed by atoms with E-state index in [4.69, 9.17) is 0 Å². The van der Waals surface area contributed by atoms with Gasteiger partial charge in [-0.05, 0) is 42.0 Å². The summed E-state index contributed by atoms with van der Waals surface area (Å²) in [4.78, 5) is 16.6. The second-order valence-electron chi connectivity index (χ2n) is 6.14. The summed E-state index contributed by atoms with van der Waals surface area (Å²) in [7, 11) is 0. The lowest BCUT2D eigenvalue weighted by atomic mass is 10.2. The summed E-state index contributed by atoms with van der Waals surface area (Å²) in [5.41, 5.74) is 3.30. The van der Waals surface area contributed by atoms with E-state index in [1.54, 1.807) is 0 Å². The van der Waals surface area contributed by atoms with Gasteiger partial charge in [-0.25, -0.2) is 0 Å². The highest BCUT2D eigenvalue weighted by atomic mass is 16.1. The van der Waals surface area contributed by atoms with Gasteiger partial charge in [0.15, 0.2) is 0 Å². The van der Waals surface area contributed by atoms with Crippen LogP contribution < -0.4 is 5.32 Å². The van der Waals surface area contributed by atoms with Crippen LogP contribution in [0.2, 0.25) is 0 Å². The third-order valence-electron chi connectivity index (χ3n) is 4.33. The molecule has 1 amide bonds. The number of benzene rings is 1. The fourth-order valence-corrected chi connectivity index (χ4v) is 2.85. The minimum Gasteiger partial charge on any atom is -0.350 e. The molecule has 0 saturated heterocycles. The van der Waals surface area contributed by atoms with Gasteiger partial charge >= 0.3 is 0 Å². The summed E-state index contributed by atoms with van der Waals surface area (Å²) >= 11 is 0. The molecule has 4 heteroatoms. The van der Waals surface area contributed by atoms with Crippen molar-refractivity contribution in [3.05, 3.63) is 66.1 Å². The lowest BCUT2D eigenvalue weighted by molar-refractivity contribution is -0.121. The van der Waals surface area contributed by atoms with E-state index in [1.807, 2.05) is 41.2 Å². The number of nitrogens with one attached hydrogen (secondary N) is 1. The van der Waals surface area contributed by atoms with Crippen molar-refractivity contribution in [2.75, 3.05) is 0 Å². The Morgan fingerprint density at radius 1 is 1.17 bits per heavy atom. The number of carbonyl (C=O) groups is 1. The van der Waals surface area contributed by atoms with Gasteiger partial charge in [-0.3, -0.25) is 9.78 Å². The lowest BCUT2D eigenvalue weighted by Crippen LogP contribution is -2.26. The maximum Gasteiger partial charge on any atom is 0.240 e. The first-order valence-corrected chi connectivity index (χ1v) is 8.05. The SMILES string of the molecule is O=C(Cn1ccc2ccccc21)NCc1ccc(C2CC2)nc1. The van der Waals surface area contributed by atoms with Crippen molar-refractivity contribution in [3.8, 4) is 0 Å². The van der Waals surface area contributed by atoms with Crippen LogP contribution in [0, 0.1) is 0 Å². The third-order valence-corrected chi connectivity index (χ3v) is 4.33. The molecule has 3 aromatic rings. The van der Waals surface area contributed by atoms with Crippen molar-refractivity contribution in [2.24, 2.45) is 0 Å². The minimum absolute atomic E-state index is 0.0117. The molecular weight excluding hydrogens is 286 g/mol. The first kappa shape index (κ1) is 14.0. The smallest absolute Gasteiger partial charge is 0.240 e. The van der Waals surface area contributed by atoms with Crippen molar-refractivity contribution in [2.45, 2.75) is 31.8 Å². The fraction of sp³-hybridized carbons (Fsp3) is 0.263. The first-order valence-electron chi connectivity index (χ1n) is 8.05. The molecule has 1 aliphatic carbocycles. The van der Waals surface area contributed by atoms with E-state index in [1.165, 1.54) is 18.5 Å². The number of carbonyl (C=O) groups excluding carboxylic acids is 1. The molecule has 0 aliphatic heterocycles. The van der Waals surface area contributed by atoms with Crippen LogP contribution in [0.1, 0.15) is 30.0 Å². The zero-order chi connectivity index (χ0) is 15.6. The molecule has 2 heterocycles. The standard InChI is InChI=1S/C19H19N3O/c23-19(13-22-10-9-16-3-1-2-4-18(16)22)21-12-14-5-8-17(20-11-14)15-6-7-15/h1-5,8-11,15H,6-7,12-13H2,(H,21,23). The van der Waals surface area contributed by atoms with Crippen molar-refractivity contribution in [3.63, 3.8) is 0 Å². The van der Waals surface area contributed by atoms with Gasteiger partial charge in [0.2, 0.25) is 5.91 Å². The average Bonchev–Trinajstić information content (AvgIpc) is 3.36. The van der Waals surface area contributed by atoms with Gasteiger partial charge < -0.3 is 9.88 Å². The topological polar surface area (TPSA) is 46.9 Å². The molecular formula is C19H19N3O. The molecule has 4 rings (SSSR count). The third kappa shape index (κ3) is 3.11. The average molecular weight is 305 g/mol. The molecule has 4 nitrogen and oxygen atoms in total. The van der Waals surface area contributed by atoms with Crippen LogP contribution in [0.5, 0.6) is 0 Å². The molecule has 116 valence electrons. The van der Waals surface area contributed by atoms with Gasteiger partial charge in [-0.1, -0.05) is 24.3 Å². The number of rotatable bonds is 5. The summed E-state index contributed by atoms with van der Waals surface area (Å²) in [6, 6.07) is 14.3. The molecule has 0 atom stereocenters. The van der Waals surface area contributed by atoms with Gasteiger partial charge in [0, 0.05) is 36.1 Å². The largest absolute Gasteiger partial charge is 0.350 e. The Morgan fingerprint density at radius 3 is 2.83 bits per heavy atom. The zero-order valence-electron chi connectivity index (χ0n) is 12.9. The van der Waals surface area contributed by atoms with E-state index in [9.17, 15) is 4.79 Å². The molecule has 0 bridgehead atoms. The summed E-state index contributed by atoms with van der Waals surface area (Å²) < 4.78 is 1.97. The molecule has 1 aromatic carbocycles. The van der Waals surface area contributed by atoms with Gasteiger partial charge in [0.25, 0.3) is 0 Å². The molecule has 1 aliphatic rings.